The summed E-state index contributed by atoms with van der Waals surface area (Å²) in [4.78, 5) is 49.9. The summed E-state index contributed by atoms with van der Waals surface area (Å²) in [7, 11) is 0. The Hall–Kier alpha value is -4.57. The number of pyridine rings is 1. The number of thiazole rings is 1. The number of aliphatic imine (C=N–C) groups is 1. The Morgan fingerprint density at radius 3 is 2.59 bits per heavy atom. The van der Waals surface area contributed by atoms with Crippen LogP contribution >= 0.6 is 11.3 Å². The number of halogens is 2. The number of carbonyl (C=O) groups excluding carboxylic acids is 3. The molecule has 0 aromatic carbocycles. The summed E-state index contributed by atoms with van der Waals surface area (Å²) in [6, 6.07) is 1.66. The summed E-state index contributed by atoms with van der Waals surface area (Å²) >= 11 is 1.10. The molecule has 1 saturated carbocycles. The Morgan fingerprint density at radius 2 is 1.89 bits per heavy atom. The molecule has 13 nitrogen and oxygen atoms in total. The van der Waals surface area contributed by atoms with Crippen LogP contribution in [0.15, 0.2) is 40.6 Å². The second kappa shape index (κ2) is 15.6. The van der Waals surface area contributed by atoms with Gasteiger partial charge in [0.15, 0.2) is 5.82 Å². The van der Waals surface area contributed by atoms with Crippen LogP contribution in [-0.4, -0.2) is 69.0 Å². The monoisotopic (exact) mass is 659 g/mol. The van der Waals surface area contributed by atoms with Gasteiger partial charge in [-0.1, -0.05) is 13.8 Å². The normalized spacial score (nSPS) is 17.9. The van der Waals surface area contributed by atoms with E-state index in [0.29, 0.717) is 17.2 Å². The third-order valence-electron chi connectivity index (χ3n) is 6.84. The molecule has 3 aromatic rings. The van der Waals surface area contributed by atoms with Gasteiger partial charge in [0.05, 0.1) is 35.7 Å². The minimum absolute atomic E-state index is 0.0202. The van der Waals surface area contributed by atoms with Crippen LogP contribution in [0.3, 0.4) is 0 Å². The smallest absolute Gasteiger partial charge is 0.425 e. The Balaban J connectivity index is 1.49. The summed E-state index contributed by atoms with van der Waals surface area (Å²) in [5.41, 5.74) is 5.71. The van der Waals surface area contributed by atoms with Crippen LogP contribution in [0.25, 0.3) is 16.3 Å². The van der Waals surface area contributed by atoms with E-state index < -0.39 is 47.6 Å². The molecule has 4 rings (SSSR count). The van der Waals surface area contributed by atoms with Gasteiger partial charge in [-0.05, 0) is 44.7 Å². The lowest BCUT2D eigenvalue weighted by atomic mass is 9.93. The fraction of sp³-hybridized carbons (Fsp3) is 0.433. The molecule has 246 valence electrons. The lowest BCUT2D eigenvalue weighted by molar-refractivity contribution is -0.168. The lowest BCUT2D eigenvalue weighted by Gasteiger charge is -2.26. The molecule has 0 saturated heterocycles. The zero-order valence-corrected chi connectivity index (χ0v) is 26.6. The van der Waals surface area contributed by atoms with Crippen molar-refractivity contribution in [3.05, 3.63) is 58.8 Å². The third-order valence-corrected chi connectivity index (χ3v) is 7.73. The van der Waals surface area contributed by atoms with E-state index >= 15 is 0 Å². The molecule has 1 aliphatic carbocycles. The van der Waals surface area contributed by atoms with Crippen LogP contribution in [-0.2, 0) is 19.0 Å². The highest BCUT2D eigenvalue weighted by molar-refractivity contribution is 7.13. The maximum absolute atomic E-state index is 14.6. The number of hydrogen-bond donors (Lipinski definition) is 2. The second-order valence-corrected chi connectivity index (χ2v) is 11.5. The van der Waals surface area contributed by atoms with Crippen LogP contribution in [0, 0.1) is 17.7 Å². The lowest BCUT2D eigenvalue weighted by Crippen LogP contribution is -2.28. The number of hydrogen-bond acceptors (Lipinski definition) is 12. The van der Waals surface area contributed by atoms with Gasteiger partial charge in [-0.3, -0.25) is 14.6 Å². The Labute approximate surface area is 267 Å². The van der Waals surface area contributed by atoms with Gasteiger partial charge in [-0.2, -0.15) is 14.2 Å². The molecular weight excluding hydrogens is 624 g/mol. The number of nitrogens with zero attached hydrogens (tertiary/aromatic N) is 5. The van der Waals surface area contributed by atoms with Gasteiger partial charge in [-0.25, -0.2) is 19.2 Å². The predicted octanol–water partition coefficient (Wildman–Crippen LogP) is 4.69. The van der Waals surface area contributed by atoms with Gasteiger partial charge < -0.3 is 25.3 Å². The number of ether oxygens (including phenoxy) is 3. The molecule has 46 heavy (non-hydrogen) atoms. The number of carbonyl (C=O) groups is 3. The van der Waals surface area contributed by atoms with Crippen molar-refractivity contribution in [3.8, 4) is 10.6 Å². The van der Waals surface area contributed by atoms with Gasteiger partial charge >= 0.3 is 12.1 Å². The van der Waals surface area contributed by atoms with Crippen LogP contribution in [0.5, 0.6) is 0 Å². The van der Waals surface area contributed by atoms with E-state index in [2.05, 4.69) is 25.4 Å². The van der Waals surface area contributed by atoms with Crippen molar-refractivity contribution in [3.63, 3.8) is 0 Å². The number of amides is 1. The number of rotatable bonds is 11. The highest BCUT2D eigenvalue weighted by atomic mass is 32.1. The van der Waals surface area contributed by atoms with Gasteiger partial charge in [-0.15, -0.1) is 11.3 Å². The molecule has 1 aliphatic rings. The van der Waals surface area contributed by atoms with Crippen molar-refractivity contribution >= 4 is 41.2 Å². The molecule has 0 radical (unpaired) electrons. The number of allylic oxidation sites excluding steroid dienone is 1. The van der Waals surface area contributed by atoms with E-state index in [-0.39, 0.29) is 29.2 Å². The summed E-state index contributed by atoms with van der Waals surface area (Å²) in [5, 5.41) is 8.38. The van der Waals surface area contributed by atoms with Gasteiger partial charge in [0, 0.05) is 36.9 Å². The van der Waals surface area contributed by atoms with Gasteiger partial charge in [0.1, 0.15) is 16.4 Å². The SMILES string of the molecule is CCOC1CCC(N=CC(NC(=O)c2csc(-c3cnn(C(=O)OC(C)OC(=O)C(C)C)c3)n2)=C(N)c2nc(F)ccc2F)CC1. The van der Waals surface area contributed by atoms with E-state index in [9.17, 15) is 23.2 Å². The zero-order chi connectivity index (χ0) is 33.4. The van der Waals surface area contributed by atoms with Crippen molar-refractivity contribution < 1.29 is 37.4 Å². The maximum atomic E-state index is 14.6. The van der Waals surface area contributed by atoms with Crippen LogP contribution in [0.2, 0.25) is 0 Å². The number of aromatic nitrogens is 4. The minimum atomic E-state index is -1.13. The molecule has 1 unspecified atom stereocenters. The molecular formula is C30H35F2N7O6S. The number of esters is 1. The first-order valence-corrected chi connectivity index (χ1v) is 15.5. The van der Waals surface area contributed by atoms with E-state index in [1.54, 1.807) is 13.8 Å². The zero-order valence-electron chi connectivity index (χ0n) is 25.7. The van der Waals surface area contributed by atoms with Crippen molar-refractivity contribution in [2.45, 2.75) is 71.8 Å². The van der Waals surface area contributed by atoms with Gasteiger partial charge in [0.2, 0.25) is 12.2 Å². The van der Waals surface area contributed by atoms with Crippen molar-refractivity contribution in [1.29, 1.82) is 0 Å². The van der Waals surface area contributed by atoms with Crippen LogP contribution in [0.1, 0.15) is 69.6 Å². The molecule has 3 heterocycles. The maximum Gasteiger partial charge on any atom is 0.437 e. The molecule has 3 aromatic heterocycles. The topological polar surface area (TPSA) is 173 Å². The summed E-state index contributed by atoms with van der Waals surface area (Å²) in [6.45, 7) is 7.27. The molecule has 3 N–H and O–H groups in total. The van der Waals surface area contributed by atoms with Crippen molar-refractivity contribution in [1.82, 2.24) is 25.1 Å². The Bertz CT molecular complexity index is 1610. The molecule has 0 bridgehead atoms. The second-order valence-electron chi connectivity index (χ2n) is 10.7. The highest BCUT2D eigenvalue weighted by Gasteiger charge is 2.23. The minimum Gasteiger partial charge on any atom is -0.425 e. The highest BCUT2D eigenvalue weighted by Crippen LogP contribution is 2.25. The number of nitrogens with one attached hydrogen (secondary N) is 1. The largest absolute Gasteiger partial charge is 0.437 e. The molecule has 0 spiro atoms. The summed E-state index contributed by atoms with van der Waals surface area (Å²) < 4.78 is 45.2. The fourth-order valence-corrected chi connectivity index (χ4v) is 5.21. The van der Waals surface area contributed by atoms with E-state index in [0.717, 1.165) is 53.8 Å². The first kappa shape index (κ1) is 34.3. The fourth-order valence-electron chi connectivity index (χ4n) is 4.43. The van der Waals surface area contributed by atoms with Crippen molar-refractivity contribution in [2.24, 2.45) is 16.6 Å². The Kier molecular flexibility index (Phi) is 11.7. The summed E-state index contributed by atoms with van der Waals surface area (Å²) in [6.07, 6.45) is 5.28. The summed E-state index contributed by atoms with van der Waals surface area (Å²) in [5.74, 6) is -3.44. The number of nitrogens with two attached hydrogens (primary N) is 1. The van der Waals surface area contributed by atoms with E-state index in [1.807, 2.05) is 6.92 Å². The molecule has 0 aliphatic heterocycles. The van der Waals surface area contributed by atoms with Gasteiger partial charge in [0.25, 0.3) is 5.91 Å². The Morgan fingerprint density at radius 1 is 1.15 bits per heavy atom. The molecule has 16 heteroatoms. The van der Waals surface area contributed by atoms with Crippen LogP contribution in [0.4, 0.5) is 13.6 Å². The first-order valence-electron chi connectivity index (χ1n) is 14.6. The predicted molar refractivity (Wildman–Crippen MR) is 164 cm³/mol. The van der Waals surface area contributed by atoms with Crippen LogP contribution < -0.4 is 11.1 Å². The third kappa shape index (κ3) is 9.00. The van der Waals surface area contributed by atoms with E-state index in [1.165, 1.54) is 30.9 Å². The average Bonchev–Trinajstić information content (AvgIpc) is 3.71. The average molecular weight is 660 g/mol. The molecule has 1 amide bonds. The van der Waals surface area contributed by atoms with Crippen molar-refractivity contribution in [2.75, 3.05) is 6.61 Å². The first-order chi connectivity index (χ1) is 21.9. The quantitative estimate of drug-likeness (QED) is 0.127. The molecule has 1 fully saturated rings. The van der Waals surface area contributed by atoms with E-state index in [4.69, 9.17) is 19.9 Å². The molecule has 1 atom stereocenters. The standard InChI is InChI=1S/C30H35F2N7O6S/c1-5-43-20-8-6-19(7-9-20)34-13-22(25(33)26-21(31)10-11-24(32)38-26)36-27(40)23-15-46-28(37-23)18-12-35-39(14-18)30(42)45-17(4)44-29(41)16(2)3/h10-17,19-20H,5-9,33H2,1-4H3,(H,36,40).